The van der Waals surface area contributed by atoms with Crippen LogP contribution in [0.3, 0.4) is 0 Å². The van der Waals surface area contributed by atoms with E-state index in [0.717, 1.165) is 0 Å². The van der Waals surface area contributed by atoms with E-state index in [2.05, 4.69) is 0 Å². The van der Waals surface area contributed by atoms with Crippen LogP contribution in [0, 0.1) is 0 Å². The predicted octanol–water partition coefficient (Wildman–Crippen LogP) is -2.10. The SMILES string of the molecule is O=C(NCCC(F)(F)F)[C@@H]1O[C@H](CO)[C@@H](O)[C@H](O)[C@H]1O. The molecule has 0 bridgehead atoms. The summed E-state index contributed by atoms with van der Waals surface area (Å²) in [4.78, 5) is 11.6. The molecule has 5 atom stereocenters. The summed E-state index contributed by atoms with van der Waals surface area (Å²) in [6, 6.07) is 0. The van der Waals surface area contributed by atoms with Crippen LogP contribution in [-0.4, -0.2) is 76.2 Å². The maximum Gasteiger partial charge on any atom is 0.390 e. The Bertz CT molecular complexity index is 337. The van der Waals surface area contributed by atoms with Crippen LogP contribution in [0.25, 0.3) is 0 Å². The number of halogens is 3. The van der Waals surface area contributed by atoms with Gasteiger partial charge >= 0.3 is 6.18 Å². The molecule has 1 fully saturated rings. The molecule has 0 spiro atoms. The Hall–Kier alpha value is -0.940. The van der Waals surface area contributed by atoms with Crippen LogP contribution < -0.4 is 5.32 Å². The van der Waals surface area contributed by atoms with Crippen molar-refractivity contribution in [2.24, 2.45) is 0 Å². The summed E-state index contributed by atoms with van der Waals surface area (Å²) >= 11 is 0. The summed E-state index contributed by atoms with van der Waals surface area (Å²) in [5.41, 5.74) is 0. The predicted molar refractivity (Wildman–Crippen MR) is 57.4 cm³/mol. The van der Waals surface area contributed by atoms with E-state index in [1.807, 2.05) is 5.32 Å². The highest BCUT2D eigenvalue weighted by Gasteiger charge is 2.46. The van der Waals surface area contributed by atoms with Gasteiger partial charge in [0.1, 0.15) is 24.4 Å². The van der Waals surface area contributed by atoms with Gasteiger partial charge in [0.2, 0.25) is 0 Å². The maximum absolute atomic E-state index is 11.9. The molecule has 0 radical (unpaired) electrons. The van der Waals surface area contributed by atoms with E-state index in [9.17, 15) is 33.3 Å². The molecule has 0 unspecified atom stereocenters. The second-order valence-electron chi connectivity index (χ2n) is 4.41. The van der Waals surface area contributed by atoms with Gasteiger partial charge in [0.25, 0.3) is 5.91 Å². The molecule has 10 heteroatoms. The van der Waals surface area contributed by atoms with Crippen molar-refractivity contribution in [3.05, 3.63) is 0 Å². The normalized spacial score (nSPS) is 34.9. The second-order valence-corrected chi connectivity index (χ2v) is 4.41. The number of hydrogen-bond donors (Lipinski definition) is 5. The lowest BCUT2D eigenvalue weighted by molar-refractivity contribution is -0.226. The van der Waals surface area contributed by atoms with Gasteiger partial charge in [-0.25, -0.2) is 0 Å². The zero-order valence-electron chi connectivity index (χ0n) is 10.2. The van der Waals surface area contributed by atoms with Crippen LogP contribution in [0.2, 0.25) is 0 Å². The molecule has 118 valence electrons. The summed E-state index contributed by atoms with van der Waals surface area (Å²) in [5, 5.41) is 39.2. The van der Waals surface area contributed by atoms with Crippen molar-refractivity contribution in [2.75, 3.05) is 13.2 Å². The fraction of sp³-hybridized carbons (Fsp3) is 0.900. The fourth-order valence-corrected chi connectivity index (χ4v) is 1.75. The van der Waals surface area contributed by atoms with Gasteiger partial charge in [-0.05, 0) is 0 Å². The van der Waals surface area contributed by atoms with Crippen LogP contribution in [0.1, 0.15) is 6.42 Å². The van der Waals surface area contributed by atoms with E-state index in [0.29, 0.717) is 0 Å². The molecule has 1 saturated heterocycles. The number of alkyl halides is 3. The van der Waals surface area contributed by atoms with E-state index in [4.69, 9.17) is 9.84 Å². The molecular weight excluding hydrogens is 287 g/mol. The van der Waals surface area contributed by atoms with E-state index in [1.165, 1.54) is 0 Å². The molecule has 0 aromatic rings. The third kappa shape index (κ3) is 4.28. The zero-order chi connectivity index (χ0) is 15.5. The fourth-order valence-electron chi connectivity index (χ4n) is 1.75. The second kappa shape index (κ2) is 6.68. The van der Waals surface area contributed by atoms with E-state index < -0.39 is 62.2 Å². The molecule has 0 aromatic heterocycles. The summed E-state index contributed by atoms with van der Waals surface area (Å²) < 4.78 is 40.6. The van der Waals surface area contributed by atoms with E-state index >= 15 is 0 Å². The summed E-state index contributed by atoms with van der Waals surface area (Å²) in [6.07, 6.45) is -13.8. The summed E-state index contributed by atoms with van der Waals surface area (Å²) in [6.45, 7) is -1.44. The summed E-state index contributed by atoms with van der Waals surface area (Å²) in [5.74, 6) is -1.06. The van der Waals surface area contributed by atoms with Crippen molar-refractivity contribution in [1.82, 2.24) is 5.32 Å². The molecule has 0 aliphatic carbocycles. The molecule has 1 rings (SSSR count). The van der Waals surface area contributed by atoms with Crippen molar-refractivity contribution in [2.45, 2.75) is 43.1 Å². The Morgan fingerprint density at radius 3 is 2.25 bits per heavy atom. The van der Waals surface area contributed by atoms with Gasteiger partial charge in [0.05, 0.1) is 13.0 Å². The lowest BCUT2D eigenvalue weighted by Gasteiger charge is -2.39. The quantitative estimate of drug-likeness (QED) is 0.406. The van der Waals surface area contributed by atoms with E-state index in [-0.39, 0.29) is 0 Å². The molecule has 0 aromatic carbocycles. The number of carbonyl (C=O) groups excluding carboxylic acids is 1. The first-order valence-electron chi connectivity index (χ1n) is 5.82. The number of ether oxygens (including phenoxy) is 1. The van der Waals surface area contributed by atoms with Crippen LogP contribution in [0.4, 0.5) is 13.2 Å². The zero-order valence-corrected chi connectivity index (χ0v) is 10.2. The van der Waals surface area contributed by atoms with Crippen LogP contribution in [0.15, 0.2) is 0 Å². The number of hydrogen-bond acceptors (Lipinski definition) is 6. The third-order valence-corrected chi connectivity index (χ3v) is 2.86. The molecule has 1 heterocycles. The monoisotopic (exact) mass is 303 g/mol. The largest absolute Gasteiger partial charge is 0.394 e. The maximum atomic E-state index is 11.9. The van der Waals surface area contributed by atoms with Crippen LogP contribution in [-0.2, 0) is 9.53 Å². The average Bonchev–Trinajstić information content (AvgIpc) is 2.34. The Kier molecular flexibility index (Phi) is 5.71. The molecule has 20 heavy (non-hydrogen) atoms. The third-order valence-electron chi connectivity index (χ3n) is 2.86. The van der Waals surface area contributed by atoms with Gasteiger partial charge < -0.3 is 30.5 Å². The van der Waals surface area contributed by atoms with Crippen LogP contribution >= 0.6 is 0 Å². The van der Waals surface area contributed by atoms with Gasteiger partial charge in [-0.1, -0.05) is 0 Å². The minimum Gasteiger partial charge on any atom is -0.394 e. The molecule has 1 aliphatic rings. The smallest absolute Gasteiger partial charge is 0.390 e. The lowest BCUT2D eigenvalue weighted by Crippen LogP contribution is -2.62. The average molecular weight is 303 g/mol. The van der Waals surface area contributed by atoms with Crippen LogP contribution in [0.5, 0.6) is 0 Å². The highest BCUT2D eigenvalue weighted by atomic mass is 19.4. The lowest BCUT2D eigenvalue weighted by atomic mass is 9.95. The van der Waals surface area contributed by atoms with Crippen molar-refractivity contribution >= 4 is 5.91 Å². The highest BCUT2D eigenvalue weighted by Crippen LogP contribution is 2.22. The Labute approximate surface area is 112 Å². The molecule has 7 nitrogen and oxygen atoms in total. The Balaban J connectivity index is 2.58. The molecule has 1 amide bonds. The molecule has 5 N–H and O–H groups in total. The molecular formula is C10H16F3NO6. The first-order valence-corrected chi connectivity index (χ1v) is 5.82. The molecule has 0 saturated carbocycles. The minimum absolute atomic E-state index is 0.711. The number of carbonyl (C=O) groups is 1. The Morgan fingerprint density at radius 2 is 1.75 bits per heavy atom. The van der Waals surface area contributed by atoms with Gasteiger partial charge in [0.15, 0.2) is 6.10 Å². The number of rotatable bonds is 4. The van der Waals surface area contributed by atoms with Gasteiger partial charge in [-0.2, -0.15) is 13.2 Å². The van der Waals surface area contributed by atoms with Crippen molar-refractivity contribution in [3.63, 3.8) is 0 Å². The van der Waals surface area contributed by atoms with Crippen molar-refractivity contribution in [1.29, 1.82) is 0 Å². The van der Waals surface area contributed by atoms with Gasteiger partial charge in [0, 0.05) is 6.54 Å². The molecule has 1 aliphatic heterocycles. The number of amides is 1. The Morgan fingerprint density at radius 1 is 1.15 bits per heavy atom. The first kappa shape index (κ1) is 17.1. The van der Waals surface area contributed by atoms with E-state index in [1.54, 1.807) is 0 Å². The summed E-state index contributed by atoms with van der Waals surface area (Å²) in [7, 11) is 0. The highest BCUT2D eigenvalue weighted by molar-refractivity contribution is 5.81. The standard InChI is InChI=1S/C10H16F3NO6/c11-10(12,13)1-2-14-9(19)8-7(18)6(17)5(16)4(3-15)20-8/h4-8,15-18H,1-3H2,(H,14,19)/t4-,5-,6+,7-,8-/m1/s1. The van der Waals surface area contributed by atoms with Gasteiger partial charge in [-0.3, -0.25) is 4.79 Å². The topological polar surface area (TPSA) is 119 Å². The van der Waals surface area contributed by atoms with Crippen molar-refractivity contribution in [3.8, 4) is 0 Å². The number of nitrogens with one attached hydrogen (secondary N) is 1. The number of aliphatic hydroxyl groups is 4. The minimum atomic E-state index is -4.44. The van der Waals surface area contributed by atoms with Crippen molar-refractivity contribution < 1.29 is 43.1 Å². The number of aliphatic hydroxyl groups excluding tert-OH is 4. The first-order chi connectivity index (χ1) is 9.17. The van der Waals surface area contributed by atoms with Gasteiger partial charge in [-0.15, -0.1) is 0 Å².